The first kappa shape index (κ1) is 24.5. The largest absolute Gasteiger partial charge is 0.360 e. The fourth-order valence-corrected chi connectivity index (χ4v) is 5.88. The maximum Gasteiger partial charge on any atom is 0.248 e. The molecule has 1 aliphatic heterocycles. The number of nitrogens with zero attached hydrogens (tertiary/aromatic N) is 5. The smallest absolute Gasteiger partial charge is 0.248 e. The van der Waals surface area contributed by atoms with Crippen LogP contribution in [0.1, 0.15) is 48.9 Å². The number of halogens is 1. The predicted molar refractivity (Wildman–Crippen MR) is 122 cm³/mol. The van der Waals surface area contributed by atoms with Gasteiger partial charge in [0.15, 0.2) is 5.76 Å². The molecule has 3 heterocycles. The molecule has 0 spiro atoms. The van der Waals surface area contributed by atoms with Crippen LogP contribution < -0.4 is 0 Å². The van der Waals surface area contributed by atoms with Crippen molar-refractivity contribution in [2.45, 2.75) is 58.4 Å². The highest BCUT2D eigenvalue weighted by atomic mass is 35.5. The van der Waals surface area contributed by atoms with Gasteiger partial charge >= 0.3 is 0 Å². The van der Waals surface area contributed by atoms with Gasteiger partial charge in [0.2, 0.25) is 15.9 Å². The van der Waals surface area contributed by atoms with Gasteiger partial charge in [-0.25, -0.2) is 8.42 Å². The van der Waals surface area contributed by atoms with Crippen LogP contribution in [0.5, 0.6) is 0 Å². The molecule has 9 nitrogen and oxygen atoms in total. The molecule has 0 unspecified atom stereocenters. The van der Waals surface area contributed by atoms with Gasteiger partial charge in [-0.1, -0.05) is 30.1 Å². The quantitative estimate of drug-likeness (QED) is 0.560. The Kier molecular flexibility index (Phi) is 7.79. The first-order valence-corrected chi connectivity index (χ1v) is 12.6. The lowest BCUT2D eigenvalue weighted by molar-refractivity contribution is -0.125. The Bertz CT molecular complexity index is 1090. The van der Waals surface area contributed by atoms with Gasteiger partial charge in [-0.15, -0.1) is 0 Å². The van der Waals surface area contributed by atoms with Crippen LogP contribution >= 0.6 is 11.6 Å². The van der Waals surface area contributed by atoms with Crippen molar-refractivity contribution in [1.82, 2.24) is 24.1 Å². The normalized spacial score (nSPS) is 16.1. The average molecular weight is 484 g/mol. The van der Waals surface area contributed by atoms with Crippen LogP contribution in [0.15, 0.2) is 15.5 Å². The minimum atomic E-state index is -3.73. The standard InChI is InChI=1S/C21H30ClN5O4S/c1-5-6-12-27-21(22)18(15(2)23-27)8-9-19(28)25-10-7-11-26(14-13-25)32(29,30)20-16(3)24-31-17(20)4/h8-9H,5-7,10-14H2,1-4H3. The molecular weight excluding hydrogens is 454 g/mol. The first-order valence-electron chi connectivity index (χ1n) is 10.8. The molecule has 1 amide bonds. The van der Waals surface area contributed by atoms with Crippen LogP contribution in [0.4, 0.5) is 0 Å². The molecule has 2 aromatic heterocycles. The Morgan fingerprint density at radius 3 is 2.56 bits per heavy atom. The van der Waals surface area contributed by atoms with Crippen molar-refractivity contribution in [1.29, 1.82) is 0 Å². The molecule has 0 aliphatic carbocycles. The molecule has 32 heavy (non-hydrogen) atoms. The van der Waals surface area contributed by atoms with Gasteiger partial charge in [0.1, 0.15) is 15.7 Å². The van der Waals surface area contributed by atoms with Crippen molar-refractivity contribution in [2.75, 3.05) is 26.2 Å². The number of amides is 1. The maximum atomic E-state index is 13.1. The molecule has 0 saturated carbocycles. The molecule has 1 aliphatic rings. The number of aromatic nitrogens is 3. The number of unbranched alkanes of at least 4 members (excludes halogenated alkanes) is 1. The summed E-state index contributed by atoms with van der Waals surface area (Å²) < 4.78 is 34.3. The molecule has 0 radical (unpaired) electrons. The van der Waals surface area contributed by atoms with E-state index in [9.17, 15) is 13.2 Å². The zero-order chi connectivity index (χ0) is 23.5. The lowest BCUT2D eigenvalue weighted by atomic mass is 10.2. The lowest BCUT2D eigenvalue weighted by Crippen LogP contribution is -2.37. The van der Waals surface area contributed by atoms with Crippen LogP contribution in [0, 0.1) is 20.8 Å². The third-order valence-corrected chi connectivity index (χ3v) is 8.10. The minimum Gasteiger partial charge on any atom is -0.360 e. The van der Waals surface area contributed by atoms with Gasteiger partial charge in [0.25, 0.3) is 0 Å². The van der Waals surface area contributed by atoms with Gasteiger partial charge in [0.05, 0.1) is 5.69 Å². The van der Waals surface area contributed by atoms with E-state index >= 15 is 0 Å². The first-order chi connectivity index (χ1) is 15.2. The van der Waals surface area contributed by atoms with E-state index in [-0.39, 0.29) is 23.1 Å². The van der Waals surface area contributed by atoms with E-state index in [1.807, 2.05) is 6.92 Å². The number of sulfonamides is 1. The predicted octanol–water partition coefficient (Wildman–Crippen LogP) is 3.19. The molecular formula is C21H30ClN5O4S. The van der Waals surface area contributed by atoms with Gasteiger partial charge < -0.3 is 9.42 Å². The average Bonchev–Trinajstić information content (AvgIpc) is 3.09. The van der Waals surface area contributed by atoms with Crippen molar-refractivity contribution >= 4 is 33.6 Å². The van der Waals surface area contributed by atoms with E-state index in [2.05, 4.69) is 17.2 Å². The molecule has 3 rings (SSSR count). The van der Waals surface area contributed by atoms with Crippen LogP contribution in [-0.4, -0.2) is 64.6 Å². The van der Waals surface area contributed by atoms with Gasteiger partial charge in [-0.2, -0.15) is 9.40 Å². The zero-order valence-corrected chi connectivity index (χ0v) is 20.5. The number of aryl methyl sites for hydroxylation is 4. The maximum absolute atomic E-state index is 13.1. The van der Waals surface area contributed by atoms with Crippen LogP contribution in [0.2, 0.25) is 5.15 Å². The van der Waals surface area contributed by atoms with E-state index in [1.54, 1.807) is 29.5 Å². The second-order valence-corrected chi connectivity index (χ2v) is 10.2. The lowest BCUT2D eigenvalue weighted by Gasteiger charge is -2.21. The SMILES string of the molecule is CCCCn1nc(C)c(C=CC(=O)N2CCCN(S(=O)(=O)c3c(C)noc3C)CC2)c1Cl. The second-order valence-electron chi connectivity index (χ2n) is 7.94. The Morgan fingerprint density at radius 1 is 1.16 bits per heavy atom. The fraction of sp³-hybridized carbons (Fsp3) is 0.571. The van der Waals surface area contributed by atoms with Gasteiger partial charge in [-0.05, 0) is 39.7 Å². The second kappa shape index (κ2) is 10.2. The van der Waals surface area contributed by atoms with Crippen LogP contribution in [-0.2, 0) is 21.4 Å². The summed E-state index contributed by atoms with van der Waals surface area (Å²) in [4.78, 5) is 14.6. The topological polar surface area (TPSA) is 102 Å². The third kappa shape index (κ3) is 5.07. The number of hydrogen-bond acceptors (Lipinski definition) is 6. The van der Waals surface area contributed by atoms with Crippen LogP contribution in [0.3, 0.4) is 0 Å². The summed E-state index contributed by atoms with van der Waals surface area (Å²) in [7, 11) is -3.73. The number of carbonyl (C=O) groups is 1. The Morgan fingerprint density at radius 2 is 1.91 bits per heavy atom. The Hall–Kier alpha value is -2.17. The summed E-state index contributed by atoms with van der Waals surface area (Å²) in [5, 5.41) is 8.73. The molecule has 0 atom stereocenters. The molecule has 0 bridgehead atoms. The highest BCUT2D eigenvalue weighted by Gasteiger charge is 2.32. The summed E-state index contributed by atoms with van der Waals surface area (Å²) >= 11 is 6.44. The van der Waals surface area contributed by atoms with E-state index in [4.69, 9.17) is 16.1 Å². The van der Waals surface area contributed by atoms with Crippen molar-refractivity contribution < 1.29 is 17.7 Å². The molecule has 11 heteroatoms. The highest BCUT2D eigenvalue weighted by molar-refractivity contribution is 7.89. The highest BCUT2D eigenvalue weighted by Crippen LogP contribution is 2.25. The van der Waals surface area contributed by atoms with Crippen molar-refractivity contribution in [3.63, 3.8) is 0 Å². The molecule has 176 valence electrons. The zero-order valence-electron chi connectivity index (χ0n) is 19.0. The van der Waals surface area contributed by atoms with Gasteiger partial charge in [-0.3, -0.25) is 9.48 Å². The summed E-state index contributed by atoms with van der Waals surface area (Å²) in [6, 6.07) is 0. The van der Waals surface area contributed by atoms with Crippen LogP contribution in [0.25, 0.3) is 6.08 Å². The molecule has 1 saturated heterocycles. The molecule has 0 aromatic carbocycles. The molecule has 0 N–H and O–H groups in total. The number of hydrogen-bond donors (Lipinski definition) is 0. The van der Waals surface area contributed by atoms with Crippen molar-refractivity contribution in [2.24, 2.45) is 0 Å². The summed E-state index contributed by atoms with van der Waals surface area (Å²) in [6.07, 6.45) is 5.73. The van der Waals surface area contributed by atoms with Crippen molar-refractivity contribution in [3.05, 3.63) is 33.9 Å². The summed E-state index contributed by atoms with van der Waals surface area (Å²) in [6.45, 7) is 9.21. The van der Waals surface area contributed by atoms with E-state index in [1.165, 1.54) is 10.4 Å². The summed E-state index contributed by atoms with van der Waals surface area (Å²) in [5.41, 5.74) is 1.84. The molecule has 1 fully saturated rings. The minimum absolute atomic E-state index is 0.113. The van der Waals surface area contributed by atoms with Crippen molar-refractivity contribution in [3.8, 4) is 0 Å². The van der Waals surface area contributed by atoms with E-state index in [0.29, 0.717) is 36.9 Å². The molecule has 2 aromatic rings. The fourth-order valence-electron chi connectivity index (χ4n) is 3.80. The Balaban J connectivity index is 1.68. The Labute approximate surface area is 194 Å². The third-order valence-electron chi connectivity index (χ3n) is 5.56. The van der Waals surface area contributed by atoms with Gasteiger partial charge in [0, 0.05) is 44.4 Å². The van der Waals surface area contributed by atoms with E-state index in [0.717, 1.165) is 30.6 Å². The summed E-state index contributed by atoms with van der Waals surface area (Å²) in [5.74, 6) is 0.0905. The monoisotopic (exact) mass is 483 g/mol. The number of carbonyl (C=O) groups excluding carboxylic acids is 1. The number of rotatable bonds is 7. The van der Waals surface area contributed by atoms with E-state index < -0.39 is 10.0 Å².